The number of nitrogens with zero attached hydrogens (tertiary/aromatic N) is 2. The molecule has 0 aromatic carbocycles. The second-order valence-electron chi connectivity index (χ2n) is 6.86. The molecular weight excluding hydrogens is 250 g/mol. The number of aryl methyl sites for hydroxylation is 1. The fourth-order valence-corrected chi connectivity index (χ4v) is 3.48. The summed E-state index contributed by atoms with van der Waals surface area (Å²) in [5, 5.41) is 18.0. The molecule has 0 aliphatic heterocycles. The van der Waals surface area contributed by atoms with Gasteiger partial charge in [0, 0.05) is 30.9 Å². The first-order valence-corrected chi connectivity index (χ1v) is 7.84. The predicted molar refractivity (Wildman–Crippen MR) is 81.6 cm³/mol. The van der Waals surface area contributed by atoms with Gasteiger partial charge in [-0.1, -0.05) is 33.6 Å². The number of aliphatic hydroxyl groups is 1. The van der Waals surface area contributed by atoms with Crippen molar-refractivity contribution in [3.05, 3.63) is 17.5 Å². The van der Waals surface area contributed by atoms with Crippen molar-refractivity contribution in [1.82, 2.24) is 15.1 Å². The van der Waals surface area contributed by atoms with Crippen molar-refractivity contribution in [2.45, 2.75) is 64.5 Å². The van der Waals surface area contributed by atoms with Crippen molar-refractivity contribution in [3.8, 4) is 0 Å². The maximum atomic E-state index is 9.84. The van der Waals surface area contributed by atoms with Gasteiger partial charge in [0.15, 0.2) is 0 Å². The van der Waals surface area contributed by atoms with Crippen LogP contribution in [0.3, 0.4) is 0 Å². The second-order valence-corrected chi connectivity index (χ2v) is 6.86. The zero-order valence-corrected chi connectivity index (χ0v) is 13.3. The van der Waals surface area contributed by atoms with E-state index in [0.717, 1.165) is 25.1 Å². The van der Waals surface area contributed by atoms with E-state index < -0.39 is 0 Å². The van der Waals surface area contributed by atoms with Gasteiger partial charge in [-0.15, -0.1) is 0 Å². The largest absolute Gasteiger partial charge is 0.394 e. The Morgan fingerprint density at radius 3 is 2.90 bits per heavy atom. The minimum atomic E-state index is -0.0955. The molecule has 0 radical (unpaired) electrons. The van der Waals surface area contributed by atoms with E-state index in [1.54, 1.807) is 0 Å². The van der Waals surface area contributed by atoms with E-state index in [4.69, 9.17) is 0 Å². The van der Waals surface area contributed by atoms with Gasteiger partial charge in [-0.2, -0.15) is 5.10 Å². The van der Waals surface area contributed by atoms with Crippen LogP contribution in [-0.4, -0.2) is 27.0 Å². The molecule has 0 bridgehead atoms. The van der Waals surface area contributed by atoms with E-state index in [9.17, 15) is 5.11 Å². The van der Waals surface area contributed by atoms with Crippen LogP contribution >= 0.6 is 0 Å². The van der Waals surface area contributed by atoms with E-state index in [-0.39, 0.29) is 12.1 Å². The summed E-state index contributed by atoms with van der Waals surface area (Å²) < 4.78 is 1.89. The molecule has 1 fully saturated rings. The van der Waals surface area contributed by atoms with Gasteiger partial charge in [-0.25, -0.2) is 0 Å². The van der Waals surface area contributed by atoms with Crippen molar-refractivity contribution < 1.29 is 5.11 Å². The molecule has 2 unspecified atom stereocenters. The minimum Gasteiger partial charge on any atom is -0.394 e. The number of rotatable bonds is 5. The highest BCUT2D eigenvalue weighted by molar-refractivity contribution is 5.20. The van der Waals surface area contributed by atoms with Gasteiger partial charge in [-0.05, 0) is 24.7 Å². The number of hydrogen-bond donors (Lipinski definition) is 2. The molecule has 1 aromatic rings. The monoisotopic (exact) mass is 279 g/mol. The molecule has 1 aliphatic rings. The van der Waals surface area contributed by atoms with Crippen LogP contribution in [0.2, 0.25) is 0 Å². The molecule has 1 saturated carbocycles. The summed E-state index contributed by atoms with van der Waals surface area (Å²) in [6.07, 6.45) is 6.73. The molecule has 2 N–H and O–H groups in total. The molecule has 0 saturated heterocycles. The average molecular weight is 279 g/mol. The summed E-state index contributed by atoms with van der Waals surface area (Å²) >= 11 is 0. The third kappa shape index (κ3) is 3.41. The molecule has 20 heavy (non-hydrogen) atoms. The Kier molecular flexibility index (Phi) is 4.86. The first-order chi connectivity index (χ1) is 9.46. The van der Waals surface area contributed by atoms with Crippen molar-refractivity contribution in [2.75, 3.05) is 6.61 Å². The van der Waals surface area contributed by atoms with Crippen LogP contribution in [-0.2, 0) is 13.6 Å². The van der Waals surface area contributed by atoms with Gasteiger partial charge in [-0.3, -0.25) is 4.68 Å². The van der Waals surface area contributed by atoms with Crippen LogP contribution in [0.4, 0.5) is 0 Å². The summed E-state index contributed by atoms with van der Waals surface area (Å²) in [4.78, 5) is 0. The quantitative estimate of drug-likeness (QED) is 0.871. The molecule has 4 nitrogen and oxygen atoms in total. The summed E-state index contributed by atoms with van der Waals surface area (Å²) in [5.74, 6) is 1.13. The predicted octanol–water partition coefficient (Wildman–Crippen LogP) is 2.57. The van der Waals surface area contributed by atoms with Crippen molar-refractivity contribution >= 4 is 0 Å². The number of aromatic nitrogens is 2. The van der Waals surface area contributed by atoms with E-state index >= 15 is 0 Å². The average Bonchev–Trinajstić information content (AvgIpc) is 2.78. The zero-order valence-electron chi connectivity index (χ0n) is 13.3. The van der Waals surface area contributed by atoms with Crippen molar-refractivity contribution in [2.24, 2.45) is 13.0 Å². The molecular formula is C16H29N3O. The second kappa shape index (κ2) is 6.27. The maximum Gasteiger partial charge on any atom is 0.0694 e. The van der Waals surface area contributed by atoms with Gasteiger partial charge >= 0.3 is 0 Å². The van der Waals surface area contributed by atoms with E-state index in [1.807, 2.05) is 11.7 Å². The topological polar surface area (TPSA) is 50.1 Å². The Labute approximate surface area is 122 Å². The van der Waals surface area contributed by atoms with Crippen LogP contribution in [0, 0.1) is 5.92 Å². The molecule has 0 amide bonds. The number of hydrogen-bond acceptors (Lipinski definition) is 3. The van der Waals surface area contributed by atoms with Crippen LogP contribution in [0.15, 0.2) is 6.20 Å². The fraction of sp³-hybridized carbons (Fsp3) is 0.812. The molecule has 1 aliphatic carbocycles. The van der Waals surface area contributed by atoms with Gasteiger partial charge < -0.3 is 10.4 Å². The highest BCUT2D eigenvalue weighted by Crippen LogP contribution is 2.32. The first-order valence-electron chi connectivity index (χ1n) is 7.84. The van der Waals surface area contributed by atoms with E-state index in [1.165, 1.54) is 18.4 Å². The van der Waals surface area contributed by atoms with Crippen molar-refractivity contribution in [1.29, 1.82) is 0 Å². The Bertz CT molecular complexity index is 441. The molecule has 1 aromatic heterocycles. The van der Waals surface area contributed by atoms with E-state index in [0.29, 0.717) is 11.8 Å². The molecule has 114 valence electrons. The molecule has 2 rings (SSSR count). The molecule has 1 heterocycles. The molecule has 0 spiro atoms. The Balaban J connectivity index is 2.06. The Morgan fingerprint density at radius 2 is 2.30 bits per heavy atom. The van der Waals surface area contributed by atoms with Gasteiger partial charge in [0.2, 0.25) is 0 Å². The minimum absolute atomic E-state index is 0.0955. The van der Waals surface area contributed by atoms with Crippen LogP contribution in [0.25, 0.3) is 0 Å². The summed E-state index contributed by atoms with van der Waals surface area (Å²) in [6, 6.07) is 0. The molecule has 4 heteroatoms. The lowest BCUT2D eigenvalue weighted by Gasteiger charge is -2.39. The third-order valence-electron chi connectivity index (χ3n) is 4.53. The highest BCUT2D eigenvalue weighted by Gasteiger charge is 2.34. The lowest BCUT2D eigenvalue weighted by Crippen LogP contribution is -2.51. The highest BCUT2D eigenvalue weighted by atomic mass is 16.3. The van der Waals surface area contributed by atoms with Crippen LogP contribution in [0.5, 0.6) is 0 Å². The normalized spacial score (nSPS) is 27.2. The smallest absolute Gasteiger partial charge is 0.0694 e. The van der Waals surface area contributed by atoms with E-state index in [2.05, 4.69) is 37.4 Å². The van der Waals surface area contributed by atoms with Gasteiger partial charge in [0.1, 0.15) is 0 Å². The van der Waals surface area contributed by atoms with Gasteiger partial charge in [0.25, 0.3) is 0 Å². The van der Waals surface area contributed by atoms with Crippen LogP contribution < -0.4 is 5.32 Å². The Morgan fingerprint density at radius 1 is 1.55 bits per heavy atom. The zero-order chi connectivity index (χ0) is 14.8. The Hall–Kier alpha value is -0.870. The van der Waals surface area contributed by atoms with Gasteiger partial charge in [0.05, 0.1) is 12.3 Å². The third-order valence-corrected chi connectivity index (χ3v) is 4.53. The number of nitrogens with one attached hydrogen (secondary N) is 1. The summed E-state index contributed by atoms with van der Waals surface area (Å²) in [6.45, 7) is 7.67. The molecule has 2 atom stereocenters. The lowest BCUT2D eigenvalue weighted by molar-refractivity contribution is 0.0981. The summed E-state index contributed by atoms with van der Waals surface area (Å²) in [7, 11) is 1.97. The maximum absolute atomic E-state index is 9.84. The number of aliphatic hydroxyl groups excluding tert-OH is 1. The lowest BCUT2D eigenvalue weighted by atomic mass is 9.76. The van der Waals surface area contributed by atoms with Crippen molar-refractivity contribution in [3.63, 3.8) is 0 Å². The fourth-order valence-electron chi connectivity index (χ4n) is 3.48. The summed E-state index contributed by atoms with van der Waals surface area (Å²) in [5.41, 5.74) is 2.33. The first kappa shape index (κ1) is 15.5. The van der Waals surface area contributed by atoms with Crippen LogP contribution in [0.1, 0.15) is 63.6 Å². The SMILES string of the molecule is CC1CCCC(CO)(NCc2cn(C)nc2C(C)C)C1. The standard InChI is InChI=1S/C16H29N3O/c1-12(2)15-14(10-19(4)18-15)9-17-16(11-20)7-5-6-13(3)8-16/h10,12-13,17,20H,5-9,11H2,1-4H3.